The Morgan fingerprint density at radius 1 is 1.39 bits per heavy atom. The quantitative estimate of drug-likeness (QED) is 0.826. The van der Waals surface area contributed by atoms with Gasteiger partial charge < -0.3 is 9.47 Å². The topological polar surface area (TPSA) is 58.1 Å². The molecule has 1 saturated heterocycles. The standard InChI is InChI=1S/C12H17N3O2S/c1-9(11(17)14-6-3-2-4-7-14)15-8-5-10(16)13-12(15)18/h5,8-9H,2-4,6-7H2,1H3,(H,13,16,18). The second-order valence-corrected chi connectivity index (χ2v) is 4.97. The maximum absolute atomic E-state index is 12.3. The van der Waals surface area contributed by atoms with E-state index in [4.69, 9.17) is 12.2 Å². The largest absolute Gasteiger partial charge is 0.341 e. The zero-order chi connectivity index (χ0) is 13.1. The van der Waals surface area contributed by atoms with Gasteiger partial charge in [0.25, 0.3) is 5.56 Å². The van der Waals surface area contributed by atoms with Gasteiger partial charge in [-0.1, -0.05) is 0 Å². The molecule has 2 heterocycles. The number of rotatable bonds is 2. The summed E-state index contributed by atoms with van der Waals surface area (Å²) in [6, 6.07) is 1.02. The Morgan fingerprint density at radius 3 is 2.67 bits per heavy atom. The number of nitrogens with one attached hydrogen (secondary N) is 1. The molecule has 1 aromatic heterocycles. The number of piperidine rings is 1. The summed E-state index contributed by atoms with van der Waals surface area (Å²) in [4.78, 5) is 27.8. The van der Waals surface area contributed by atoms with Crippen molar-refractivity contribution >= 4 is 18.1 Å². The van der Waals surface area contributed by atoms with E-state index in [0.717, 1.165) is 25.9 Å². The molecule has 2 rings (SSSR count). The number of hydrogen-bond donors (Lipinski definition) is 1. The normalized spacial score (nSPS) is 17.5. The van der Waals surface area contributed by atoms with Crippen molar-refractivity contribution in [3.8, 4) is 0 Å². The fourth-order valence-electron chi connectivity index (χ4n) is 2.23. The van der Waals surface area contributed by atoms with Crippen LogP contribution in [-0.4, -0.2) is 33.4 Å². The van der Waals surface area contributed by atoms with Crippen LogP contribution in [0.5, 0.6) is 0 Å². The number of aromatic nitrogens is 2. The fraction of sp³-hybridized carbons (Fsp3) is 0.583. The molecule has 0 saturated carbocycles. The van der Waals surface area contributed by atoms with Crippen molar-refractivity contribution in [1.82, 2.24) is 14.5 Å². The van der Waals surface area contributed by atoms with E-state index in [1.165, 1.54) is 12.5 Å². The summed E-state index contributed by atoms with van der Waals surface area (Å²) < 4.78 is 1.92. The molecule has 1 aromatic rings. The number of carbonyl (C=O) groups excluding carboxylic acids is 1. The van der Waals surface area contributed by atoms with Crippen molar-refractivity contribution in [3.63, 3.8) is 0 Å². The highest BCUT2D eigenvalue weighted by atomic mass is 32.1. The van der Waals surface area contributed by atoms with Crippen molar-refractivity contribution in [2.24, 2.45) is 0 Å². The third-order valence-corrected chi connectivity index (χ3v) is 3.61. The Balaban J connectivity index is 2.19. The molecule has 1 fully saturated rings. The van der Waals surface area contributed by atoms with Crippen molar-refractivity contribution in [1.29, 1.82) is 0 Å². The van der Waals surface area contributed by atoms with Gasteiger partial charge in [0.15, 0.2) is 4.77 Å². The molecule has 1 aliphatic heterocycles. The minimum absolute atomic E-state index is 0.0675. The van der Waals surface area contributed by atoms with Crippen LogP contribution in [0.1, 0.15) is 32.2 Å². The van der Waals surface area contributed by atoms with Gasteiger partial charge in [-0.3, -0.25) is 14.6 Å². The average molecular weight is 267 g/mol. The van der Waals surface area contributed by atoms with Crippen LogP contribution in [0.3, 0.4) is 0 Å². The monoisotopic (exact) mass is 267 g/mol. The molecule has 5 nitrogen and oxygen atoms in total. The molecule has 0 aromatic carbocycles. The molecule has 18 heavy (non-hydrogen) atoms. The molecular weight excluding hydrogens is 250 g/mol. The minimum atomic E-state index is -0.368. The van der Waals surface area contributed by atoms with Crippen LogP contribution in [0.4, 0.5) is 0 Å². The fourth-order valence-corrected chi connectivity index (χ4v) is 2.55. The van der Waals surface area contributed by atoms with Gasteiger partial charge >= 0.3 is 0 Å². The van der Waals surface area contributed by atoms with Gasteiger partial charge in [-0.25, -0.2) is 0 Å². The van der Waals surface area contributed by atoms with E-state index in [1.807, 2.05) is 11.8 Å². The van der Waals surface area contributed by atoms with E-state index in [9.17, 15) is 9.59 Å². The van der Waals surface area contributed by atoms with Gasteiger partial charge in [-0.2, -0.15) is 0 Å². The van der Waals surface area contributed by atoms with E-state index in [0.29, 0.717) is 4.77 Å². The van der Waals surface area contributed by atoms with Crippen molar-refractivity contribution in [2.75, 3.05) is 13.1 Å². The van der Waals surface area contributed by atoms with Crippen LogP contribution < -0.4 is 5.56 Å². The van der Waals surface area contributed by atoms with Crippen LogP contribution in [-0.2, 0) is 4.79 Å². The number of nitrogens with zero attached hydrogens (tertiary/aromatic N) is 2. The second-order valence-electron chi connectivity index (χ2n) is 4.58. The first-order valence-corrected chi connectivity index (χ1v) is 6.60. The van der Waals surface area contributed by atoms with Crippen LogP contribution >= 0.6 is 12.2 Å². The lowest BCUT2D eigenvalue weighted by Crippen LogP contribution is -2.40. The van der Waals surface area contributed by atoms with Crippen molar-refractivity contribution in [2.45, 2.75) is 32.2 Å². The first kappa shape index (κ1) is 13.0. The second kappa shape index (κ2) is 5.48. The van der Waals surface area contributed by atoms with Crippen LogP contribution in [0.2, 0.25) is 0 Å². The Labute approximate surface area is 110 Å². The number of likely N-dealkylation sites (tertiary alicyclic amines) is 1. The van der Waals surface area contributed by atoms with Crippen LogP contribution in [0.25, 0.3) is 0 Å². The Morgan fingerprint density at radius 2 is 2.06 bits per heavy atom. The summed E-state index contributed by atoms with van der Waals surface area (Å²) in [5.74, 6) is 0.0675. The van der Waals surface area contributed by atoms with Gasteiger partial charge in [0, 0.05) is 25.4 Å². The van der Waals surface area contributed by atoms with E-state index < -0.39 is 0 Å². The summed E-state index contributed by atoms with van der Waals surface area (Å²) in [7, 11) is 0. The first-order valence-electron chi connectivity index (χ1n) is 6.20. The molecule has 1 aliphatic rings. The zero-order valence-electron chi connectivity index (χ0n) is 10.4. The molecule has 0 aliphatic carbocycles. The van der Waals surface area contributed by atoms with E-state index >= 15 is 0 Å². The molecule has 0 bridgehead atoms. The van der Waals surface area contributed by atoms with Crippen LogP contribution in [0.15, 0.2) is 17.1 Å². The minimum Gasteiger partial charge on any atom is -0.341 e. The predicted molar refractivity (Wildman–Crippen MR) is 71.0 cm³/mol. The summed E-state index contributed by atoms with van der Waals surface area (Å²) >= 11 is 5.07. The molecule has 1 unspecified atom stereocenters. The highest BCUT2D eigenvalue weighted by Gasteiger charge is 2.23. The number of aromatic amines is 1. The van der Waals surface area contributed by atoms with Gasteiger partial charge in [0.2, 0.25) is 5.91 Å². The van der Waals surface area contributed by atoms with Crippen LogP contribution in [0, 0.1) is 4.77 Å². The molecule has 0 spiro atoms. The highest BCUT2D eigenvalue weighted by Crippen LogP contribution is 2.15. The highest BCUT2D eigenvalue weighted by molar-refractivity contribution is 7.71. The summed E-state index contributed by atoms with van der Waals surface area (Å²) in [5, 5.41) is 0. The third kappa shape index (κ3) is 2.69. The molecule has 6 heteroatoms. The SMILES string of the molecule is CC(C(=O)N1CCCCC1)n1ccc(=O)[nH]c1=S. The molecule has 1 N–H and O–H groups in total. The number of H-pyrrole nitrogens is 1. The first-order chi connectivity index (χ1) is 8.59. The lowest BCUT2D eigenvalue weighted by atomic mass is 10.1. The summed E-state index contributed by atoms with van der Waals surface area (Å²) in [6.07, 6.45) is 4.90. The Kier molecular flexibility index (Phi) is 3.96. The van der Waals surface area contributed by atoms with Crippen molar-refractivity contribution in [3.05, 3.63) is 27.4 Å². The lowest BCUT2D eigenvalue weighted by molar-refractivity contribution is -0.135. The molecule has 1 atom stereocenters. The van der Waals surface area contributed by atoms with E-state index in [2.05, 4.69) is 4.98 Å². The molecular formula is C12H17N3O2S. The molecule has 0 radical (unpaired) electrons. The zero-order valence-corrected chi connectivity index (χ0v) is 11.2. The average Bonchev–Trinajstić information content (AvgIpc) is 2.38. The number of carbonyl (C=O) groups is 1. The lowest BCUT2D eigenvalue weighted by Gasteiger charge is -2.29. The number of amides is 1. The summed E-state index contributed by atoms with van der Waals surface area (Å²) in [6.45, 7) is 3.45. The van der Waals surface area contributed by atoms with Gasteiger partial charge in [-0.15, -0.1) is 0 Å². The summed E-state index contributed by atoms with van der Waals surface area (Å²) in [5.41, 5.74) is -0.242. The van der Waals surface area contributed by atoms with E-state index in [1.54, 1.807) is 10.8 Å². The Hall–Kier alpha value is -1.43. The van der Waals surface area contributed by atoms with Gasteiger partial charge in [0.1, 0.15) is 6.04 Å². The van der Waals surface area contributed by atoms with Crippen molar-refractivity contribution < 1.29 is 4.79 Å². The smallest absolute Gasteiger partial charge is 0.251 e. The molecule has 1 amide bonds. The Bertz CT molecular complexity index is 543. The third-order valence-electron chi connectivity index (χ3n) is 3.29. The maximum atomic E-state index is 12.3. The van der Waals surface area contributed by atoms with E-state index in [-0.39, 0.29) is 17.5 Å². The number of hydrogen-bond acceptors (Lipinski definition) is 3. The predicted octanol–water partition coefficient (Wildman–Crippen LogP) is 1.48. The maximum Gasteiger partial charge on any atom is 0.251 e. The molecule has 98 valence electrons. The van der Waals surface area contributed by atoms with Gasteiger partial charge in [-0.05, 0) is 38.4 Å². The van der Waals surface area contributed by atoms with Gasteiger partial charge in [0.05, 0.1) is 0 Å².